The minimum absolute atomic E-state index is 0.133. The molecule has 1 aliphatic heterocycles. The van der Waals surface area contributed by atoms with Crippen LogP contribution in [-0.2, 0) is 9.47 Å². The number of furan rings is 1. The zero-order valence-corrected chi connectivity index (χ0v) is 15.6. The number of amides is 1. The molecule has 3 heterocycles. The van der Waals surface area contributed by atoms with Crippen LogP contribution in [0.2, 0.25) is 0 Å². The molecule has 1 aromatic carbocycles. The van der Waals surface area contributed by atoms with Crippen LogP contribution in [0.3, 0.4) is 0 Å². The van der Waals surface area contributed by atoms with Gasteiger partial charge in [0.25, 0.3) is 5.91 Å². The molecule has 0 bridgehead atoms. The fourth-order valence-electron chi connectivity index (χ4n) is 3.34. The van der Waals surface area contributed by atoms with E-state index in [-0.39, 0.29) is 18.3 Å². The topological polar surface area (TPSA) is 73.9 Å². The molecule has 1 amide bonds. The van der Waals surface area contributed by atoms with E-state index in [1.54, 1.807) is 4.90 Å². The molecule has 2 aromatic heterocycles. The van der Waals surface area contributed by atoms with Gasteiger partial charge in [0.1, 0.15) is 5.82 Å². The van der Waals surface area contributed by atoms with Crippen molar-refractivity contribution in [3.8, 4) is 0 Å². The lowest BCUT2D eigenvalue weighted by molar-refractivity contribution is 0.0284. The average Bonchev–Trinajstić information content (AvgIpc) is 3.24. The first-order valence-corrected chi connectivity index (χ1v) is 9.38. The molecule has 0 atom stereocenters. The van der Waals surface area contributed by atoms with Gasteiger partial charge in [0, 0.05) is 24.5 Å². The maximum absolute atomic E-state index is 13.8. The molecule has 8 heteroatoms. The molecule has 0 aliphatic carbocycles. The highest BCUT2D eigenvalue weighted by molar-refractivity contribution is 6.11. The number of aromatic nitrogens is 1. The monoisotopic (exact) mass is 388 g/mol. The van der Waals surface area contributed by atoms with Gasteiger partial charge in [0.15, 0.2) is 11.3 Å². The van der Waals surface area contributed by atoms with Gasteiger partial charge >= 0.3 is 6.09 Å². The molecule has 4 rings (SSSR count). The number of fused-ring (bicyclic) bond motifs is 3. The summed E-state index contributed by atoms with van der Waals surface area (Å²) in [4.78, 5) is 27.1. The van der Waals surface area contributed by atoms with Crippen molar-refractivity contribution in [1.29, 1.82) is 0 Å². The second-order valence-electron chi connectivity index (χ2n) is 6.69. The second-order valence-corrected chi connectivity index (χ2v) is 6.69. The predicted octanol–water partition coefficient (Wildman–Crippen LogP) is 3.78. The minimum Gasteiger partial charge on any atom is -0.449 e. The van der Waals surface area contributed by atoms with E-state index in [0.717, 1.165) is 12.8 Å². The number of hydrogen-bond donors (Lipinski definition) is 0. The molecule has 28 heavy (non-hydrogen) atoms. The fourth-order valence-corrected chi connectivity index (χ4v) is 3.34. The first-order valence-electron chi connectivity index (χ1n) is 9.38. The Morgan fingerprint density at radius 2 is 1.96 bits per heavy atom. The summed E-state index contributed by atoms with van der Waals surface area (Å²) in [5.74, 6) is -0.603. The van der Waals surface area contributed by atoms with Gasteiger partial charge in [-0.3, -0.25) is 4.79 Å². The van der Waals surface area contributed by atoms with E-state index < -0.39 is 11.9 Å². The number of ether oxygens (including phenoxy) is 2. The van der Waals surface area contributed by atoms with Crippen molar-refractivity contribution in [2.75, 3.05) is 32.9 Å². The van der Waals surface area contributed by atoms with E-state index in [4.69, 9.17) is 13.9 Å². The number of carbonyl (C=O) groups is 2. The summed E-state index contributed by atoms with van der Waals surface area (Å²) >= 11 is 0. The fraction of sp³-hybridized carbons (Fsp3) is 0.400. The number of unbranched alkanes of at least 4 members (excludes halogenated alkanes) is 1. The molecule has 0 spiro atoms. The summed E-state index contributed by atoms with van der Waals surface area (Å²) in [7, 11) is 0. The smallest absolute Gasteiger partial charge is 0.419 e. The maximum atomic E-state index is 13.8. The van der Waals surface area contributed by atoms with Crippen LogP contribution in [0.25, 0.3) is 22.0 Å². The Labute approximate surface area is 160 Å². The number of rotatable bonds is 4. The van der Waals surface area contributed by atoms with Crippen LogP contribution in [0.15, 0.2) is 28.7 Å². The lowest BCUT2D eigenvalue weighted by atomic mass is 10.2. The van der Waals surface area contributed by atoms with Crippen molar-refractivity contribution in [2.24, 2.45) is 0 Å². The number of benzene rings is 1. The van der Waals surface area contributed by atoms with Gasteiger partial charge in [0.05, 0.1) is 30.9 Å². The molecule has 0 radical (unpaired) electrons. The molecule has 0 saturated carbocycles. The standard InChI is InChI=1S/C20H21FN2O5/c1-2-3-8-27-20(25)23-15-11-13(21)4-5-14(15)18-16(23)12-17(28-18)19(24)22-6-9-26-10-7-22/h4-5,11-12H,2-3,6-10H2,1H3. The Morgan fingerprint density at radius 3 is 2.71 bits per heavy atom. The van der Waals surface area contributed by atoms with Crippen molar-refractivity contribution in [3.63, 3.8) is 0 Å². The van der Waals surface area contributed by atoms with E-state index in [9.17, 15) is 14.0 Å². The van der Waals surface area contributed by atoms with Gasteiger partial charge in [-0.25, -0.2) is 13.8 Å². The van der Waals surface area contributed by atoms with Gasteiger partial charge < -0.3 is 18.8 Å². The van der Waals surface area contributed by atoms with Gasteiger partial charge in [-0.2, -0.15) is 0 Å². The largest absolute Gasteiger partial charge is 0.449 e. The SMILES string of the molecule is CCCCOC(=O)n1c2cc(F)ccc2c2oc(C(=O)N3CCOCC3)cc21. The van der Waals surface area contributed by atoms with Crippen molar-refractivity contribution >= 4 is 34.0 Å². The van der Waals surface area contributed by atoms with E-state index in [1.165, 1.54) is 28.8 Å². The first kappa shape index (κ1) is 18.5. The number of halogens is 1. The number of hydrogen-bond acceptors (Lipinski definition) is 5. The summed E-state index contributed by atoms with van der Waals surface area (Å²) in [6.07, 6.45) is 0.993. The Morgan fingerprint density at radius 1 is 1.18 bits per heavy atom. The van der Waals surface area contributed by atoms with Crippen LogP contribution in [0.1, 0.15) is 30.3 Å². The third-order valence-corrected chi connectivity index (χ3v) is 4.81. The molecule has 7 nitrogen and oxygen atoms in total. The summed E-state index contributed by atoms with van der Waals surface area (Å²) in [6.45, 7) is 4.17. The van der Waals surface area contributed by atoms with E-state index >= 15 is 0 Å². The lowest BCUT2D eigenvalue weighted by Gasteiger charge is -2.25. The molecular formula is C20H21FN2O5. The lowest BCUT2D eigenvalue weighted by Crippen LogP contribution is -2.40. The highest BCUT2D eigenvalue weighted by Gasteiger charge is 2.26. The zero-order valence-electron chi connectivity index (χ0n) is 15.6. The van der Waals surface area contributed by atoms with Crippen LogP contribution in [0.5, 0.6) is 0 Å². The predicted molar refractivity (Wildman–Crippen MR) is 100 cm³/mol. The van der Waals surface area contributed by atoms with Crippen LogP contribution in [0.4, 0.5) is 9.18 Å². The van der Waals surface area contributed by atoms with Gasteiger partial charge in [-0.1, -0.05) is 13.3 Å². The summed E-state index contributed by atoms with van der Waals surface area (Å²) in [6, 6.07) is 5.61. The Kier molecular flexibility index (Phi) is 5.04. The first-order chi connectivity index (χ1) is 13.6. The van der Waals surface area contributed by atoms with E-state index in [1.807, 2.05) is 6.92 Å². The highest BCUT2D eigenvalue weighted by Crippen LogP contribution is 2.33. The van der Waals surface area contributed by atoms with Crippen LogP contribution in [-0.4, -0.2) is 54.4 Å². The number of nitrogens with zero attached hydrogens (tertiary/aromatic N) is 2. The third-order valence-electron chi connectivity index (χ3n) is 4.81. The van der Waals surface area contributed by atoms with Crippen molar-refractivity contribution in [1.82, 2.24) is 9.47 Å². The van der Waals surface area contributed by atoms with Crippen molar-refractivity contribution < 1.29 is 27.9 Å². The van der Waals surface area contributed by atoms with Gasteiger partial charge in [-0.15, -0.1) is 0 Å². The molecule has 0 unspecified atom stereocenters. The van der Waals surface area contributed by atoms with Gasteiger partial charge in [0.2, 0.25) is 0 Å². The van der Waals surface area contributed by atoms with E-state index in [0.29, 0.717) is 48.3 Å². The third kappa shape index (κ3) is 3.24. The second kappa shape index (κ2) is 7.63. The minimum atomic E-state index is -0.620. The molecule has 0 N–H and O–H groups in total. The summed E-state index contributed by atoms with van der Waals surface area (Å²) in [5, 5.41) is 0.546. The Hall–Kier alpha value is -2.87. The normalized spacial score (nSPS) is 14.7. The Bertz CT molecular complexity index is 1030. The van der Waals surface area contributed by atoms with Crippen LogP contribution in [0, 0.1) is 5.82 Å². The molecular weight excluding hydrogens is 367 g/mol. The molecule has 1 fully saturated rings. The molecule has 3 aromatic rings. The van der Waals surface area contributed by atoms with Crippen molar-refractivity contribution in [2.45, 2.75) is 19.8 Å². The van der Waals surface area contributed by atoms with E-state index in [2.05, 4.69) is 0 Å². The van der Waals surface area contributed by atoms with Gasteiger partial charge in [-0.05, 0) is 24.6 Å². The summed E-state index contributed by atoms with van der Waals surface area (Å²) in [5.41, 5.74) is 1.10. The number of carbonyl (C=O) groups excluding carboxylic acids is 2. The maximum Gasteiger partial charge on any atom is 0.419 e. The van der Waals surface area contributed by atoms with Crippen molar-refractivity contribution in [3.05, 3.63) is 35.8 Å². The highest BCUT2D eigenvalue weighted by atomic mass is 19.1. The molecule has 148 valence electrons. The Balaban J connectivity index is 1.77. The zero-order chi connectivity index (χ0) is 19.7. The van der Waals surface area contributed by atoms with Crippen LogP contribution < -0.4 is 0 Å². The van der Waals surface area contributed by atoms with Crippen LogP contribution >= 0.6 is 0 Å². The average molecular weight is 388 g/mol. The molecule has 1 saturated heterocycles. The summed E-state index contributed by atoms with van der Waals surface area (Å²) < 4.78 is 31.5. The molecule has 1 aliphatic rings. The number of morpholine rings is 1. The quantitative estimate of drug-likeness (QED) is 0.636.